The molecule has 18 heavy (non-hydrogen) atoms. The Bertz CT molecular complexity index is 491. The first-order valence-electron chi connectivity index (χ1n) is 4.92. The van der Waals surface area contributed by atoms with Crippen molar-refractivity contribution in [1.29, 1.82) is 0 Å². The van der Waals surface area contributed by atoms with Crippen LogP contribution in [0, 0.1) is 21.7 Å². The van der Waals surface area contributed by atoms with Crippen LogP contribution >= 0.6 is 0 Å². The van der Waals surface area contributed by atoms with E-state index in [1.54, 1.807) is 0 Å². The molecule has 6 nitrogen and oxygen atoms in total. The van der Waals surface area contributed by atoms with E-state index in [2.05, 4.69) is 5.32 Å². The molecular formula is C10H10F2N2O4. The van der Waals surface area contributed by atoms with E-state index in [-0.39, 0.29) is 6.54 Å². The monoisotopic (exact) mass is 260 g/mol. The van der Waals surface area contributed by atoms with E-state index >= 15 is 0 Å². The van der Waals surface area contributed by atoms with Crippen molar-refractivity contribution in [2.24, 2.45) is 0 Å². The van der Waals surface area contributed by atoms with E-state index in [4.69, 9.17) is 5.11 Å². The van der Waals surface area contributed by atoms with Gasteiger partial charge in [-0.05, 0) is 13.0 Å². The molecule has 2 N–H and O–H groups in total. The molecule has 1 aromatic rings. The third kappa shape index (κ3) is 3.20. The van der Waals surface area contributed by atoms with Gasteiger partial charge in [0.25, 0.3) is 5.91 Å². The van der Waals surface area contributed by atoms with Gasteiger partial charge in [-0.2, -0.15) is 4.39 Å². The minimum absolute atomic E-state index is 0.142. The van der Waals surface area contributed by atoms with Crippen LogP contribution in [0.1, 0.15) is 17.3 Å². The van der Waals surface area contributed by atoms with Crippen LogP contribution < -0.4 is 5.32 Å². The topological polar surface area (TPSA) is 92.5 Å². The zero-order chi connectivity index (χ0) is 13.9. The predicted molar refractivity (Wildman–Crippen MR) is 57.0 cm³/mol. The maximum Gasteiger partial charge on any atom is 0.307 e. The molecule has 0 heterocycles. The average molecular weight is 260 g/mol. The van der Waals surface area contributed by atoms with Gasteiger partial charge in [0.1, 0.15) is 5.82 Å². The first-order chi connectivity index (χ1) is 8.32. The van der Waals surface area contributed by atoms with Crippen molar-refractivity contribution < 1.29 is 23.6 Å². The number of aliphatic hydroxyl groups is 1. The van der Waals surface area contributed by atoms with Gasteiger partial charge in [-0.3, -0.25) is 14.9 Å². The van der Waals surface area contributed by atoms with Crippen LogP contribution in [0.3, 0.4) is 0 Å². The van der Waals surface area contributed by atoms with Crippen molar-refractivity contribution in [3.63, 3.8) is 0 Å². The van der Waals surface area contributed by atoms with Crippen LogP contribution in [0.2, 0.25) is 0 Å². The maximum atomic E-state index is 13.4. The molecule has 98 valence electrons. The summed E-state index contributed by atoms with van der Waals surface area (Å²) < 4.78 is 26.6. The van der Waals surface area contributed by atoms with Crippen molar-refractivity contribution in [3.8, 4) is 0 Å². The summed E-state index contributed by atoms with van der Waals surface area (Å²) >= 11 is 0. The number of hydrogen-bond donors (Lipinski definition) is 2. The van der Waals surface area contributed by atoms with Gasteiger partial charge in [0.15, 0.2) is 0 Å². The van der Waals surface area contributed by atoms with Crippen molar-refractivity contribution in [2.75, 3.05) is 6.54 Å². The molecule has 1 rings (SSSR count). The van der Waals surface area contributed by atoms with Gasteiger partial charge in [0.05, 0.1) is 22.7 Å². The molecule has 1 aromatic carbocycles. The number of nitro benzene ring substituents is 1. The number of halogens is 2. The zero-order valence-electron chi connectivity index (χ0n) is 9.31. The molecule has 1 atom stereocenters. The SMILES string of the molecule is C[C@@H](O)CNC(=O)c1cc(F)c([N+](=O)[O-])cc1F. The Morgan fingerprint density at radius 3 is 2.61 bits per heavy atom. The van der Waals surface area contributed by atoms with Gasteiger partial charge in [-0.25, -0.2) is 4.39 Å². The normalized spacial score (nSPS) is 12.0. The number of nitrogens with zero attached hydrogens (tertiary/aromatic N) is 1. The first-order valence-corrected chi connectivity index (χ1v) is 4.92. The second-order valence-electron chi connectivity index (χ2n) is 3.60. The Morgan fingerprint density at radius 1 is 1.50 bits per heavy atom. The fourth-order valence-corrected chi connectivity index (χ4v) is 1.19. The van der Waals surface area contributed by atoms with E-state index in [1.165, 1.54) is 6.92 Å². The highest BCUT2D eigenvalue weighted by atomic mass is 19.1. The first kappa shape index (κ1) is 14.0. The van der Waals surface area contributed by atoms with Gasteiger partial charge < -0.3 is 10.4 Å². The molecule has 0 radical (unpaired) electrons. The quantitative estimate of drug-likeness (QED) is 0.623. The van der Waals surface area contributed by atoms with Gasteiger partial charge in [0.2, 0.25) is 5.82 Å². The van der Waals surface area contributed by atoms with E-state index < -0.39 is 39.8 Å². The highest BCUT2D eigenvalue weighted by molar-refractivity contribution is 5.94. The number of rotatable bonds is 4. The molecule has 8 heteroatoms. The molecule has 0 saturated carbocycles. The summed E-state index contributed by atoms with van der Waals surface area (Å²) in [6.45, 7) is 1.25. The summed E-state index contributed by atoms with van der Waals surface area (Å²) in [6, 6.07) is 0.789. The standard InChI is InChI=1S/C10H10F2N2O4/c1-5(15)4-13-10(16)6-2-8(12)9(14(17)18)3-7(6)11/h2-3,5,15H,4H2,1H3,(H,13,16)/t5-/m1/s1. The summed E-state index contributed by atoms with van der Waals surface area (Å²) in [4.78, 5) is 20.7. The third-order valence-electron chi connectivity index (χ3n) is 2.04. The lowest BCUT2D eigenvalue weighted by Gasteiger charge is -2.07. The summed E-state index contributed by atoms with van der Waals surface area (Å²) in [7, 11) is 0. The Hall–Kier alpha value is -2.09. The summed E-state index contributed by atoms with van der Waals surface area (Å²) in [6.07, 6.45) is -0.847. The Morgan fingerprint density at radius 2 is 2.11 bits per heavy atom. The predicted octanol–water partition coefficient (Wildman–Crippen LogP) is 0.984. The Kier molecular flexibility index (Phi) is 4.27. The van der Waals surface area contributed by atoms with Crippen LogP contribution in [0.25, 0.3) is 0 Å². The van der Waals surface area contributed by atoms with Crippen LogP contribution in [0.4, 0.5) is 14.5 Å². The number of aliphatic hydroxyl groups excluding tert-OH is 1. The average Bonchev–Trinajstić information content (AvgIpc) is 2.28. The molecule has 0 aliphatic heterocycles. The fourth-order valence-electron chi connectivity index (χ4n) is 1.19. The number of nitrogens with one attached hydrogen (secondary N) is 1. The lowest BCUT2D eigenvalue weighted by Crippen LogP contribution is -2.31. The van der Waals surface area contributed by atoms with Crippen molar-refractivity contribution in [1.82, 2.24) is 5.32 Å². The lowest BCUT2D eigenvalue weighted by atomic mass is 10.1. The second kappa shape index (κ2) is 5.50. The number of carbonyl (C=O) groups is 1. The van der Waals surface area contributed by atoms with Gasteiger partial charge in [-0.15, -0.1) is 0 Å². The minimum Gasteiger partial charge on any atom is -0.392 e. The molecular weight excluding hydrogens is 250 g/mol. The third-order valence-corrected chi connectivity index (χ3v) is 2.04. The minimum atomic E-state index is -1.30. The number of nitro groups is 1. The number of amides is 1. The lowest BCUT2D eigenvalue weighted by molar-refractivity contribution is -0.387. The molecule has 0 fully saturated rings. The van der Waals surface area contributed by atoms with Gasteiger partial charge >= 0.3 is 5.69 Å². The van der Waals surface area contributed by atoms with E-state index in [0.717, 1.165) is 0 Å². The summed E-state index contributed by atoms with van der Waals surface area (Å²) in [5.41, 5.74) is -1.70. The molecule has 0 bridgehead atoms. The number of carbonyl (C=O) groups excluding carboxylic acids is 1. The van der Waals surface area contributed by atoms with Gasteiger partial charge in [0, 0.05) is 6.54 Å². The van der Waals surface area contributed by atoms with Crippen molar-refractivity contribution in [3.05, 3.63) is 39.4 Å². The van der Waals surface area contributed by atoms with Crippen LogP contribution in [0.5, 0.6) is 0 Å². The molecule has 0 unspecified atom stereocenters. The summed E-state index contributed by atoms with van der Waals surface area (Å²) in [5, 5.41) is 21.4. The largest absolute Gasteiger partial charge is 0.392 e. The maximum absolute atomic E-state index is 13.4. The van der Waals surface area contributed by atoms with Crippen LogP contribution in [-0.2, 0) is 0 Å². The molecule has 0 spiro atoms. The smallest absolute Gasteiger partial charge is 0.307 e. The van der Waals surface area contributed by atoms with Crippen molar-refractivity contribution in [2.45, 2.75) is 13.0 Å². The van der Waals surface area contributed by atoms with Crippen LogP contribution in [-0.4, -0.2) is 28.6 Å². The Labute approximate surface area is 100 Å². The van der Waals surface area contributed by atoms with E-state index in [0.29, 0.717) is 12.1 Å². The van der Waals surface area contributed by atoms with E-state index in [1.807, 2.05) is 0 Å². The summed E-state index contributed by atoms with van der Waals surface area (Å²) in [5.74, 6) is -3.46. The molecule has 0 aliphatic carbocycles. The van der Waals surface area contributed by atoms with Gasteiger partial charge in [-0.1, -0.05) is 0 Å². The Balaban J connectivity index is 3.01. The molecule has 0 saturated heterocycles. The number of hydrogen-bond acceptors (Lipinski definition) is 4. The second-order valence-corrected chi connectivity index (χ2v) is 3.60. The molecule has 0 aliphatic rings. The van der Waals surface area contributed by atoms with Crippen molar-refractivity contribution >= 4 is 11.6 Å². The fraction of sp³-hybridized carbons (Fsp3) is 0.300. The number of benzene rings is 1. The van der Waals surface area contributed by atoms with E-state index in [9.17, 15) is 23.7 Å². The highest BCUT2D eigenvalue weighted by Gasteiger charge is 2.21. The molecule has 1 amide bonds. The van der Waals surface area contributed by atoms with Crippen LogP contribution in [0.15, 0.2) is 12.1 Å². The highest BCUT2D eigenvalue weighted by Crippen LogP contribution is 2.21. The zero-order valence-corrected chi connectivity index (χ0v) is 9.31. The molecule has 0 aromatic heterocycles.